The van der Waals surface area contributed by atoms with Gasteiger partial charge in [0.15, 0.2) is 0 Å². The highest BCUT2D eigenvalue weighted by Crippen LogP contribution is 2.45. The largest absolute Gasteiger partial charge is 0.496 e. The minimum absolute atomic E-state index is 0.0296. The van der Waals surface area contributed by atoms with Crippen molar-refractivity contribution < 1.29 is 42.3 Å². The molecular weight excluding hydrogens is 566 g/mol. The van der Waals surface area contributed by atoms with E-state index in [0.717, 1.165) is 16.8 Å². The average Bonchev–Trinajstić information content (AvgIpc) is 2.93. The summed E-state index contributed by atoms with van der Waals surface area (Å²) in [5.41, 5.74) is 3.41. The first kappa shape index (κ1) is 31.3. The minimum atomic E-state index is -4.66. The number of nitrogens with one attached hydrogen (secondary N) is 1. The van der Waals surface area contributed by atoms with Gasteiger partial charge in [0.05, 0.1) is 18.5 Å². The number of halogens is 1. The zero-order valence-corrected chi connectivity index (χ0v) is 25.3. The van der Waals surface area contributed by atoms with Gasteiger partial charge in [0.1, 0.15) is 47.9 Å². The normalized spacial score (nSPS) is 15.1. The number of likely N-dealkylation sites (N-methyl/N-ethyl adjacent to an activating group) is 1. The summed E-state index contributed by atoms with van der Waals surface area (Å²) >= 11 is 0. The Balaban J connectivity index is 1.75. The number of fused-ring (bicyclic) bond motifs is 1. The molecule has 1 aliphatic heterocycles. The fraction of sp³-hybridized carbons (Fsp3) is 0.367. The van der Waals surface area contributed by atoms with E-state index in [0.29, 0.717) is 40.5 Å². The van der Waals surface area contributed by atoms with Gasteiger partial charge in [-0.05, 0) is 62.6 Å². The van der Waals surface area contributed by atoms with Crippen LogP contribution < -0.4 is 24.4 Å². The minimum Gasteiger partial charge on any atom is -0.496 e. The number of phosphoric acid groups is 1. The molecule has 1 atom stereocenters. The van der Waals surface area contributed by atoms with E-state index in [1.54, 1.807) is 43.1 Å². The molecule has 1 amide bonds. The van der Waals surface area contributed by atoms with Gasteiger partial charge in [-0.15, -0.1) is 0 Å². The first-order valence-corrected chi connectivity index (χ1v) is 14.9. The monoisotopic (exact) mass is 602 g/mol. The Kier molecular flexibility index (Phi) is 9.18. The third-order valence-electron chi connectivity index (χ3n) is 7.07. The van der Waals surface area contributed by atoms with Crippen molar-refractivity contribution in [2.24, 2.45) is 0 Å². The van der Waals surface area contributed by atoms with Crippen LogP contribution in [0.25, 0.3) is 11.1 Å². The predicted octanol–water partition coefficient (Wildman–Crippen LogP) is 5.82. The lowest BCUT2D eigenvalue weighted by atomic mass is 9.91. The summed E-state index contributed by atoms with van der Waals surface area (Å²) in [6, 6.07) is 13.3. The lowest BCUT2D eigenvalue weighted by molar-refractivity contribution is -0.121. The molecule has 3 aromatic carbocycles. The zero-order chi connectivity index (χ0) is 30.8. The fourth-order valence-corrected chi connectivity index (χ4v) is 5.50. The van der Waals surface area contributed by atoms with Crippen LogP contribution in [0.5, 0.6) is 17.2 Å². The molecular formula is C30H36FN2O8P. The van der Waals surface area contributed by atoms with Gasteiger partial charge >= 0.3 is 7.82 Å². The summed E-state index contributed by atoms with van der Waals surface area (Å²) in [5.74, 6) is 0.697. The lowest BCUT2D eigenvalue weighted by Crippen LogP contribution is -2.52. The molecule has 3 aromatic rings. The molecule has 0 saturated carbocycles. The van der Waals surface area contributed by atoms with Gasteiger partial charge in [0, 0.05) is 30.3 Å². The Labute approximate surface area is 244 Å². The van der Waals surface area contributed by atoms with E-state index in [9.17, 15) is 13.8 Å². The van der Waals surface area contributed by atoms with Crippen molar-refractivity contribution in [1.29, 1.82) is 0 Å². The highest BCUT2D eigenvalue weighted by atomic mass is 31.2. The van der Waals surface area contributed by atoms with Gasteiger partial charge in [0.25, 0.3) is 5.91 Å². The van der Waals surface area contributed by atoms with Gasteiger partial charge in [-0.25, -0.2) is 8.96 Å². The summed E-state index contributed by atoms with van der Waals surface area (Å²) < 4.78 is 47.7. The number of carbonyl (C=O) groups is 1. The molecule has 1 aliphatic rings. The van der Waals surface area contributed by atoms with E-state index in [1.165, 1.54) is 19.2 Å². The Morgan fingerprint density at radius 2 is 1.76 bits per heavy atom. The molecule has 10 nitrogen and oxygen atoms in total. The van der Waals surface area contributed by atoms with Crippen molar-refractivity contribution in [2.45, 2.75) is 52.4 Å². The molecule has 12 heteroatoms. The second-order valence-electron chi connectivity index (χ2n) is 10.6. The molecule has 42 heavy (non-hydrogen) atoms. The Morgan fingerprint density at radius 1 is 1.05 bits per heavy atom. The molecule has 0 radical (unpaired) electrons. The van der Waals surface area contributed by atoms with Crippen LogP contribution in [0.4, 0.5) is 15.8 Å². The van der Waals surface area contributed by atoms with Crippen LogP contribution in [0.2, 0.25) is 0 Å². The smallest absolute Gasteiger partial charge is 0.469 e. The number of aryl methyl sites for hydroxylation is 1. The Morgan fingerprint density at radius 3 is 2.43 bits per heavy atom. The van der Waals surface area contributed by atoms with Crippen LogP contribution in [-0.4, -0.2) is 48.1 Å². The summed E-state index contributed by atoms with van der Waals surface area (Å²) in [5, 5.41) is 3.32. The van der Waals surface area contributed by atoms with Gasteiger partial charge in [-0.3, -0.25) is 9.32 Å². The quantitative estimate of drug-likeness (QED) is 0.233. The third kappa shape index (κ3) is 6.87. The Hall–Kier alpha value is -3.63. The predicted molar refractivity (Wildman–Crippen MR) is 158 cm³/mol. The van der Waals surface area contributed by atoms with E-state index in [4.69, 9.17) is 28.5 Å². The van der Waals surface area contributed by atoms with Crippen molar-refractivity contribution in [3.05, 3.63) is 65.5 Å². The number of amides is 1. The molecule has 226 valence electrons. The van der Waals surface area contributed by atoms with E-state index in [2.05, 4.69) is 5.32 Å². The molecule has 0 unspecified atom stereocenters. The van der Waals surface area contributed by atoms with Gasteiger partial charge in [0.2, 0.25) is 0 Å². The van der Waals surface area contributed by atoms with Gasteiger partial charge in [-0.1, -0.05) is 19.1 Å². The SMILES string of the molecule is CC[C@@H](COc1ccc(-c2ccc3c(c2COc2cc(F)ccc2C)N(C)C(=O)C(C)(C)N3)c(OC)c1)OP(=O)(O)O. The van der Waals surface area contributed by atoms with Crippen LogP contribution in [0, 0.1) is 12.7 Å². The maximum Gasteiger partial charge on any atom is 0.469 e. The molecule has 1 heterocycles. The molecule has 0 fully saturated rings. The highest BCUT2D eigenvalue weighted by molar-refractivity contribution is 7.46. The first-order valence-electron chi connectivity index (χ1n) is 13.4. The number of ether oxygens (including phenoxy) is 3. The van der Waals surface area contributed by atoms with Crippen LogP contribution in [-0.2, 0) is 20.5 Å². The standard InChI is InChI=1S/C30H36FN2O8P/c1-7-20(41-42(35,36)37)16-39-21-10-11-23(27(15-21)38-6)22-12-13-25-28(33(5)29(34)30(3,4)32-25)24(22)17-40-26-14-19(31)9-8-18(26)2/h8-15,20,32H,7,16-17H2,1-6H3,(H2,35,36,37)/t20-/m0/s1. The van der Waals surface area contributed by atoms with Gasteiger partial charge in [-0.2, -0.15) is 0 Å². The topological polar surface area (TPSA) is 127 Å². The summed E-state index contributed by atoms with van der Waals surface area (Å²) in [6.07, 6.45) is -0.474. The summed E-state index contributed by atoms with van der Waals surface area (Å²) in [4.78, 5) is 33.1. The van der Waals surface area contributed by atoms with Crippen LogP contribution >= 0.6 is 7.82 Å². The molecule has 0 bridgehead atoms. The Bertz CT molecular complexity index is 1520. The van der Waals surface area contributed by atoms with Gasteiger partial charge < -0.3 is 34.2 Å². The van der Waals surface area contributed by atoms with E-state index in [-0.39, 0.29) is 19.1 Å². The second kappa shape index (κ2) is 12.3. The maximum atomic E-state index is 14.0. The van der Waals surface area contributed by atoms with Crippen molar-refractivity contribution in [3.63, 3.8) is 0 Å². The van der Waals surface area contributed by atoms with Crippen LogP contribution in [0.15, 0.2) is 48.5 Å². The third-order valence-corrected chi connectivity index (χ3v) is 7.64. The molecule has 3 N–H and O–H groups in total. The van der Waals surface area contributed by atoms with E-state index < -0.39 is 25.3 Å². The fourth-order valence-electron chi connectivity index (χ4n) is 4.90. The molecule has 0 aliphatic carbocycles. The van der Waals surface area contributed by atoms with Crippen molar-refractivity contribution in [1.82, 2.24) is 0 Å². The van der Waals surface area contributed by atoms with Crippen molar-refractivity contribution in [2.75, 3.05) is 31.0 Å². The summed E-state index contributed by atoms with van der Waals surface area (Å²) in [6.45, 7) is 7.13. The number of carbonyl (C=O) groups excluding carboxylic acids is 1. The van der Waals surface area contributed by atoms with Crippen LogP contribution in [0.3, 0.4) is 0 Å². The lowest BCUT2D eigenvalue weighted by Gasteiger charge is -2.39. The summed E-state index contributed by atoms with van der Waals surface area (Å²) in [7, 11) is -1.44. The number of nitrogens with zero attached hydrogens (tertiary/aromatic N) is 1. The number of methoxy groups -OCH3 is 1. The van der Waals surface area contributed by atoms with Crippen LogP contribution in [0.1, 0.15) is 38.3 Å². The van der Waals surface area contributed by atoms with E-state index in [1.807, 2.05) is 32.9 Å². The van der Waals surface area contributed by atoms with Crippen molar-refractivity contribution >= 4 is 25.1 Å². The van der Waals surface area contributed by atoms with E-state index >= 15 is 0 Å². The molecule has 4 rings (SSSR count). The highest BCUT2D eigenvalue weighted by Gasteiger charge is 2.38. The second-order valence-corrected chi connectivity index (χ2v) is 11.8. The zero-order valence-electron chi connectivity index (χ0n) is 24.4. The number of hydrogen-bond acceptors (Lipinski definition) is 7. The molecule has 0 spiro atoms. The number of benzene rings is 3. The maximum absolute atomic E-state index is 14.0. The molecule has 0 aromatic heterocycles. The average molecular weight is 603 g/mol. The van der Waals surface area contributed by atoms with Crippen molar-refractivity contribution in [3.8, 4) is 28.4 Å². The first-order chi connectivity index (χ1) is 19.7. The number of rotatable bonds is 11. The number of anilines is 2. The molecule has 0 saturated heterocycles. The number of hydrogen-bond donors (Lipinski definition) is 3. The number of phosphoric ester groups is 1.